The van der Waals surface area contributed by atoms with Gasteiger partial charge in [-0.25, -0.2) is 0 Å². The van der Waals surface area contributed by atoms with Crippen LogP contribution in [0.15, 0.2) is 194 Å². The minimum Gasteiger partial charge on any atom is -0.0620 e. The van der Waals surface area contributed by atoms with Gasteiger partial charge in [0.1, 0.15) is 8.07 Å². The largest absolute Gasteiger partial charge is 0.113 e. The first kappa shape index (κ1) is 31.9. The summed E-state index contributed by atoms with van der Waals surface area (Å²) in [5.41, 5.74) is 7.58. The highest BCUT2D eigenvalue weighted by Crippen LogP contribution is 2.45. The first-order valence-electron chi connectivity index (χ1n) is 19.3. The fourth-order valence-electron chi connectivity index (χ4n) is 9.54. The number of rotatable bonds is 5. The molecule has 0 N–H and O–H groups in total. The Kier molecular flexibility index (Phi) is 7.11. The van der Waals surface area contributed by atoms with Crippen molar-refractivity contribution in [1.82, 2.24) is 0 Å². The molecule has 11 rings (SSSR count). The minimum absolute atomic E-state index is 1.23. The van der Waals surface area contributed by atoms with Crippen molar-refractivity contribution >= 4 is 83.1 Å². The summed E-state index contributed by atoms with van der Waals surface area (Å²) < 4.78 is 0. The van der Waals surface area contributed by atoms with E-state index in [1.54, 1.807) is 0 Å². The summed E-state index contributed by atoms with van der Waals surface area (Å²) in [6, 6.07) is 72.7. The SMILES string of the molecule is C[Si](C)(c1ccc(-c2cccc(-c3c4ccccc4c(-c4cccc5ccccc45)c4ccccc34)c2)cc1)c1ccc2ccc3cccc4ccc1c2c34. The van der Waals surface area contributed by atoms with Gasteiger partial charge in [-0.1, -0.05) is 206 Å². The Labute approximate surface area is 322 Å². The zero-order valence-electron chi connectivity index (χ0n) is 31.0. The topological polar surface area (TPSA) is 0 Å². The molecule has 0 aliphatic rings. The smallest absolute Gasteiger partial charge is 0.0620 e. The molecule has 0 bridgehead atoms. The summed E-state index contributed by atoms with van der Waals surface area (Å²) in [4.78, 5) is 0. The molecule has 0 nitrogen and oxygen atoms in total. The summed E-state index contributed by atoms with van der Waals surface area (Å²) in [6.07, 6.45) is 0. The van der Waals surface area contributed by atoms with Gasteiger partial charge in [-0.3, -0.25) is 0 Å². The van der Waals surface area contributed by atoms with Gasteiger partial charge in [-0.15, -0.1) is 0 Å². The Hall–Kier alpha value is -6.54. The maximum absolute atomic E-state index is 2.51. The van der Waals surface area contributed by atoms with E-state index in [4.69, 9.17) is 0 Å². The van der Waals surface area contributed by atoms with Crippen molar-refractivity contribution < 1.29 is 0 Å². The first-order chi connectivity index (χ1) is 27.0. The predicted octanol–water partition coefficient (Wildman–Crippen LogP) is 13.9. The molecule has 0 saturated carbocycles. The lowest BCUT2D eigenvalue weighted by atomic mass is 9.84. The molecule has 11 aromatic rings. The number of hydrogen-bond acceptors (Lipinski definition) is 0. The third-order valence-corrected chi connectivity index (χ3v) is 15.8. The van der Waals surface area contributed by atoms with Crippen molar-refractivity contribution in [2.45, 2.75) is 13.1 Å². The second kappa shape index (κ2) is 12.2. The van der Waals surface area contributed by atoms with Crippen molar-refractivity contribution in [2.24, 2.45) is 0 Å². The van der Waals surface area contributed by atoms with Gasteiger partial charge in [-0.2, -0.15) is 0 Å². The molecule has 11 aromatic carbocycles. The van der Waals surface area contributed by atoms with E-state index in [2.05, 4.69) is 207 Å². The average molecular weight is 715 g/mol. The second-order valence-electron chi connectivity index (χ2n) is 15.6. The van der Waals surface area contributed by atoms with Crippen LogP contribution in [0.1, 0.15) is 0 Å². The fourth-order valence-corrected chi connectivity index (χ4v) is 12.2. The monoisotopic (exact) mass is 714 g/mol. The first-order valence-corrected chi connectivity index (χ1v) is 22.3. The molecule has 0 aliphatic heterocycles. The molecule has 0 spiro atoms. The highest BCUT2D eigenvalue weighted by atomic mass is 28.3. The van der Waals surface area contributed by atoms with E-state index in [1.807, 2.05) is 0 Å². The highest BCUT2D eigenvalue weighted by Gasteiger charge is 2.29. The van der Waals surface area contributed by atoms with Gasteiger partial charge in [0, 0.05) is 0 Å². The van der Waals surface area contributed by atoms with Crippen LogP contribution < -0.4 is 10.4 Å². The molecule has 55 heavy (non-hydrogen) atoms. The Balaban J connectivity index is 1.02. The summed E-state index contributed by atoms with van der Waals surface area (Å²) in [5.74, 6) is 0. The molecule has 0 amide bonds. The van der Waals surface area contributed by atoms with Gasteiger partial charge in [0.2, 0.25) is 0 Å². The number of fused-ring (bicyclic) bond motifs is 3. The van der Waals surface area contributed by atoms with Gasteiger partial charge < -0.3 is 0 Å². The Morgan fingerprint density at radius 3 is 1.53 bits per heavy atom. The van der Waals surface area contributed by atoms with Crippen molar-refractivity contribution in [2.75, 3.05) is 0 Å². The van der Waals surface area contributed by atoms with Crippen LogP contribution in [0.4, 0.5) is 0 Å². The lowest BCUT2D eigenvalue weighted by Gasteiger charge is -2.27. The lowest BCUT2D eigenvalue weighted by molar-refractivity contribution is 1.61. The van der Waals surface area contributed by atoms with Crippen molar-refractivity contribution in [1.29, 1.82) is 0 Å². The van der Waals surface area contributed by atoms with Crippen LogP contribution in [-0.2, 0) is 0 Å². The van der Waals surface area contributed by atoms with E-state index in [9.17, 15) is 0 Å². The molecule has 0 aromatic heterocycles. The number of benzene rings is 11. The molecule has 0 heterocycles. The zero-order valence-corrected chi connectivity index (χ0v) is 32.0. The van der Waals surface area contributed by atoms with E-state index >= 15 is 0 Å². The molecule has 0 radical (unpaired) electrons. The van der Waals surface area contributed by atoms with E-state index < -0.39 is 8.07 Å². The van der Waals surface area contributed by atoms with Crippen LogP contribution in [0.3, 0.4) is 0 Å². The summed E-state index contributed by atoms with van der Waals surface area (Å²) in [7, 11) is -2.05. The molecule has 0 atom stereocenters. The summed E-state index contributed by atoms with van der Waals surface area (Å²) in [5, 5.41) is 18.8. The maximum Gasteiger partial charge on any atom is 0.113 e. The van der Waals surface area contributed by atoms with E-state index in [-0.39, 0.29) is 0 Å². The second-order valence-corrected chi connectivity index (χ2v) is 20.0. The molecule has 1 heteroatoms. The maximum atomic E-state index is 2.51. The third-order valence-electron chi connectivity index (χ3n) is 12.3. The third kappa shape index (κ3) is 4.90. The van der Waals surface area contributed by atoms with Crippen molar-refractivity contribution in [3.63, 3.8) is 0 Å². The van der Waals surface area contributed by atoms with E-state index in [0.29, 0.717) is 0 Å². The van der Waals surface area contributed by atoms with Gasteiger partial charge in [0.25, 0.3) is 0 Å². The zero-order chi connectivity index (χ0) is 36.7. The Bertz CT molecular complexity index is 3200. The lowest BCUT2D eigenvalue weighted by Crippen LogP contribution is -2.53. The van der Waals surface area contributed by atoms with Gasteiger partial charge >= 0.3 is 0 Å². The number of hydrogen-bond donors (Lipinski definition) is 0. The van der Waals surface area contributed by atoms with Gasteiger partial charge in [-0.05, 0) is 109 Å². The van der Waals surface area contributed by atoms with Crippen LogP contribution in [0.25, 0.3) is 98.0 Å². The van der Waals surface area contributed by atoms with Crippen LogP contribution in [0.5, 0.6) is 0 Å². The van der Waals surface area contributed by atoms with Gasteiger partial charge in [0.15, 0.2) is 0 Å². The standard InChI is InChI=1S/C54H38Si/c1-55(2,50-33-29-39-25-24-37-14-9-15-38-28-32-49(50)53(39)51(37)38)42-30-26-35(27-31-42)40-16-10-17-41(34-40)52-45-19-5-7-21-47(45)54(48-22-8-6-20-46(48)52)44-23-11-13-36-12-3-4-18-43(36)44/h3-34H,1-2H3. The van der Waals surface area contributed by atoms with Crippen LogP contribution in [0.2, 0.25) is 13.1 Å². The van der Waals surface area contributed by atoms with Crippen molar-refractivity contribution in [3.8, 4) is 33.4 Å². The molecule has 0 unspecified atom stereocenters. The Morgan fingerprint density at radius 1 is 0.309 bits per heavy atom. The average Bonchev–Trinajstić information content (AvgIpc) is 3.24. The molecular weight excluding hydrogens is 677 g/mol. The minimum atomic E-state index is -2.05. The molecule has 0 saturated heterocycles. The van der Waals surface area contributed by atoms with Crippen LogP contribution in [0, 0.1) is 0 Å². The highest BCUT2D eigenvalue weighted by molar-refractivity contribution is 7.01. The van der Waals surface area contributed by atoms with Gasteiger partial charge in [0.05, 0.1) is 0 Å². The summed E-state index contributed by atoms with van der Waals surface area (Å²) in [6.45, 7) is 5.01. The molecular formula is C54H38Si. The van der Waals surface area contributed by atoms with Crippen molar-refractivity contribution in [3.05, 3.63) is 194 Å². The predicted molar refractivity (Wildman–Crippen MR) is 242 cm³/mol. The summed E-state index contributed by atoms with van der Waals surface area (Å²) >= 11 is 0. The fraction of sp³-hybridized carbons (Fsp3) is 0.0370. The normalized spacial score (nSPS) is 12.2. The Morgan fingerprint density at radius 2 is 0.818 bits per heavy atom. The molecule has 258 valence electrons. The quantitative estimate of drug-likeness (QED) is 0.0946. The molecule has 0 aliphatic carbocycles. The van der Waals surface area contributed by atoms with Crippen LogP contribution in [-0.4, -0.2) is 8.07 Å². The van der Waals surface area contributed by atoms with E-state index in [1.165, 1.54) is 108 Å². The van der Waals surface area contributed by atoms with Crippen LogP contribution >= 0.6 is 0 Å². The van der Waals surface area contributed by atoms with E-state index in [0.717, 1.165) is 0 Å². The molecule has 0 fully saturated rings.